The van der Waals surface area contributed by atoms with E-state index in [1.54, 1.807) is 26.8 Å². The van der Waals surface area contributed by atoms with Crippen molar-refractivity contribution in [1.29, 1.82) is 0 Å². The minimum atomic E-state index is -0.588. The molecular formula is C15H21N3O4. The fraction of sp³-hybridized carbons (Fsp3) is 0.533. The van der Waals surface area contributed by atoms with Crippen molar-refractivity contribution in [3.63, 3.8) is 0 Å². The molecule has 7 nitrogen and oxygen atoms in total. The molecule has 0 spiro atoms. The van der Waals surface area contributed by atoms with Crippen molar-refractivity contribution in [3.05, 3.63) is 24.0 Å². The van der Waals surface area contributed by atoms with Crippen molar-refractivity contribution in [3.8, 4) is 0 Å². The molecule has 1 saturated heterocycles. The second-order valence-corrected chi connectivity index (χ2v) is 6.12. The summed E-state index contributed by atoms with van der Waals surface area (Å²) >= 11 is 0. The quantitative estimate of drug-likeness (QED) is 0.891. The zero-order valence-electron chi connectivity index (χ0n) is 13.0. The summed E-state index contributed by atoms with van der Waals surface area (Å²) < 4.78 is 10.4. The van der Waals surface area contributed by atoms with E-state index >= 15 is 0 Å². The zero-order chi connectivity index (χ0) is 16.2. The van der Waals surface area contributed by atoms with E-state index in [0.717, 1.165) is 6.42 Å². The number of pyridine rings is 1. The number of anilines is 1. The van der Waals surface area contributed by atoms with Crippen LogP contribution in [0.25, 0.3) is 0 Å². The number of carbonyl (C=O) groups excluding carboxylic acids is 2. The van der Waals surface area contributed by atoms with Gasteiger partial charge in [-0.3, -0.25) is 15.1 Å². The standard InChI is InChI=1S/C15H21N3O4/c1-15(2,3)22-14(20)18-12-6-10(7-16-8-12)13(19)17-11-4-5-21-9-11/h6-8,11H,4-5,9H2,1-3H3,(H,17,19)(H,18,20)/t11-/m0/s1. The summed E-state index contributed by atoms with van der Waals surface area (Å²) in [7, 11) is 0. The first-order chi connectivity index (χ1) is 10.3. The number of ether oxygens (including phenoxy) is 2. The van der Waals surface area contributed by atoms with Gasteiger partial charge in [-0.25, -0.2) is 4.79 Å². The first kappa shape index (κ1) is 16.2. The van der Waals surface area contributed by atoms with E-state index in [4.69, 9.17) is 9.47 Å². The van der Waals surface area contributed by atoms with E-state index in [-0.39, 0.29) is 11.9 Å². The maximum absolute atomic E-state index is 12.1. The number of nitrogens with zero attached hydrogens (tertiary/aromatic N) is 1. The molecular weight excluding hydrogens is 286 g/mol. The van der Waals surface area contributed by atoms with Gasteiger partial charge in [-0.1, -0.05) is 0 Å². The number of aromatic nitrogens is 1. The summed E-state index contributed by atoms with van der Waals surface area (Å²) in [6.45, 7) is 6.51. The van der Waals surface area contributed by atoms with Gasteiger partial charge in [-0.15, -0.1) is 0 Å². The molecule has 2 heterocycles. The molecule has 0 aliphatic carbocycles. The van der Waals surface area contributed by atoms with Crippen LogP contribution in [0.4, 0.5) is 10.5 Å². The van der Waals surface area contributed by atoms with Crippen LogP contribution in [0.3, 0.4) is 0 Å². The monoisotopic (exact) mass is 307 g/mol. The molecule has 0 unspecified atom stereocenters. The smallest absolute Gasteiger partial charge is 0.412 e. The second-order valence-electron chi connectivity index (χ2n) is 6.12. The summed E-state index contributed by atoms with van der Waals surface area (Å²) in [6.07, 6.45) is 3.12. The van der Waals surface area contributed by atoms with E-state index in [1.165, 1.54) is 12.4 Å². The van der Waals surface area contributed by atoms with E-state index in [9.17, 15) is 9.59 Å². The molecule has 1 fully saturated rings. The Hall–Kier alpha value is -2.15. The normalized spacial score (nSPS) is 17.9. The van der Waals surface area contributed by atoms with Gasteiger partial charge in [-0.2, -0.15) is 0 Å². The predicted molar refractivity (Wildman–Crippen MR) is 80.8 cm³/mol. The molecule has 1 atom stereocenters. The van der Waals surface area contributed by atoms with Gasteiger partial charge in [0.15, 0.2) is 0 Å². The molecule has 0 radical (unpaired) electrons. The first-order valence-corrected chi connectivity index (χ1v) is 7.17. The van der Waals surface area contributed by atoms with E-state index in [1.807, 2.05) is 0 Å². The summed E-state index contributed by atoms with van der Waals surface area (Å²) in [5, 5.41) is 5.43. The van der Waals surface area contributed by atoms with Crippen molar-refractivity contribution < 1.29 is 19.1 Å². The number of hydrogen-bond donors (Lipinski definition) is 2. The van der Waals surface area contributed by atoms with E-state index in [2.05, 4.69) is 15.6 Å². The summed E-state index contributed by atoms with van der Waals surface area (Å²) in [5.41, 5.74) is 0.194. The van der Waals surface area contributed by atoms with Crippen molar-refractivity contribution >= 4 is 17.7 Å². The van der Waals surface area contributed by atoms with Gasteiger partial charge in [0, 0.05) is 12.8 Å². The van der Waals surface area contributed by atoms with Gasteiger partial charge in [-0.05, 0) is 33.3 Å². The Kier molecular flexibility index (Phi) is 4.97. The molecule has 1 aromatic heterocycles. The number of carbonyl (C=O) groups is 2. The zero-order valence-corrected chi connectivity index (χ0v) is 13.0. The summed E-state index contributed by atoms with van der Waals surface area (Å²) in [4.78, 5) is 27.8. The average molecular weight is 307 g/mol. The molecule has 2 amide bonds. The summed E-state index contributed by atoms with van der Waals surface area (Å²) in [6, 6.07) is 1.58. The lowest BCUT2D eigenvalue weighted by atomic mass is 10.2. The Balaban J connectivity index is 1.97. The molecule has 1 aromatic rings. The van der Waals surface area contributed by atoms with E-state index in [0.29, 0.717) is 24.5 Å². The number of hydrogen-bond acceptors (Lipinski definition) is 5. The molecule has 7 heteroatoms. The molecule has 1 aliphatic rings. The highest BCUT2D eigenvalue weighted by Gasteiger charge is 2.20. The molecule has 120 valence electrons. The Morgan fingerprint density at radius 2 is 2.14 bits per heavy atom. The Bertz CT molecular complexity index is 548. The van der Waals surface area contributed by atoms with Crippen LogP contribution in [-0.2, 0) is 9.47 Å². The lowest BCUT2D eigenvalue weighted by Gasteiger charge is -2.19. The van der Waals surface area contributed by atoms with Crippen molar-refractivity contribution in [2.24, 2.45) is 0 Å². The molecule has 22 heavy (non-hydrogen) atoms. The maximum atomic E-state index is 12.1. The third-order valence-electron chi connectivity index (χ3n) is 2.91. The highest BCUT2D eigenvalue weighted by atomic mass is 16.6. The van der Waals surface area contributed by atoms with Crippen LogP contribution in [0.15, 0.2) is 18.5 Å². The van der Waals surface area contributed by atoms with Crippen LogP contribution < -0.4 is 10.6 Å². The second kappa shape index (κ2) is 6.74. The number of rotatable bonds is 3. The minimum absolute atomic E-state index is 0.0231. The largest absolute Gasteiger partial charge is 0.444 e. The van der Waals surface area contributed by atoms with Crippen molar-refractivity contribution in [1.82, 2.24) is 10.3 Å². The van der Waals surface area contributed by atoms with Crippen LogP contribution in [0, 0.1) is 0 Å². The van der Waals surface area contributed by atoms with Crippen molar-refractivity contribution in [2.75, 3.05) is 18.5 Å². The topological polar surface area (TPSA) is 89.5 Å². The van der Waals surface area contributed by atoms with Crippen LogP contribution in [0.1, 0.15) is 37.6 Å². The SMILES string of the molecule is CC(C)(C)OC(=O)Nc1cncc(C(=O)N[C@H]2CCOC2)c1. The minimum Gasteiger partial charge on any atom is -0.444 e. The molecule has 1 aliphatic heterocycles. The van der Waals surface area contributed by atoms with Crippen LogP contribution in [0.5, 0.6) is 0 Å². The average Bonchev–Trinajstić information content (AvgIpc) is 2.89. The fourth-order valence-electron chi connectivity index (χ4n) is 1.97. The number of amides is 2. The van der Waals surface area contributed by atoms with Gasteiger partial charge in [0.1, 0.15) is 5.60 Å². The van der Waals surface area contributed by atoms with Gasteiger partial charge in [0.05, 0.1) is 30.1 Å². The highest BCUT2D eigenvalue weighted by molar-refractivity contribution is 5.96. The Labute approximate surface area is 129 Å². The lowest BCUT2D eigenvalue weighted by Crippen LogP contribution is -2.35. The van der Waals surface area contributed by atoms with Crippen LogP contribution in [0.2, 0.25) is 0 Å². The van der Waals surface area contributed by atoms with E-state index < -0.39 is 11.7 Å². The highest BCUT2D eigenvalue weighted by Crippen LogP contribution is 2.13. The molecule has 2 rings (SSSR count). The molecule has 0 bridgehead atoms. The third kappa shape index (κ3) is 5.00. The lowest BCUT2D eigenvalue weighted by molar-refractivity contribution is 0.0635. The first-order valence-electron chi connectivity index (χ1n) is 7.17. The Morgan fingerprint density at radius 1 is 1.36 bits per heavy atom. The fourth-order valence-corrected chi connectivity index (χ4v) is 1.97. The van der Waals surface area contributed by atoms with Crippen molar-refractivity contribution in [2.45, 2.75) is 38.8 Å². The molecule has 2 N–H and O–H groups in total. The maximum Gasteiger partial charge on any atom is 0.412 e. The predicted octanol–water partition coefficient (Wildman–Crippen LogP) is 1.95. The number of nitrogens with one attached hydrogen (secondary N) is 2. The third-order valence-corrected chi connectivity index (χ3v) is 2.91. The van der Waals surface area contributed by atoms with Gasteiger partial charge in [0.2, 0.25) is 0 Å². The van der Waals surface area contributed by atoms with Gasteiger partial charge >= 0.3 is 6.09 Å². The van der Waals surface area contributed by atoms with Crippen LogP contribution in [-0.4, -0.2) is 41.8 Å². The van der Waals surface area contributed by atoms with Crippen LogP contribution >= 0.6 is 0 Å². The summed E-state index contributed by atoms with van der Waals surface area (Å²) in [5.74, 6) is -0.240. The van der Waals surface area contributed by atoms with Gasteiger partial charge < -0.3 is 14.8 Å². The van der Waals surface area contributed by atoms with Gasteiger partial charge in [0.25, 0.3) is 5.91 Å². The molecule has 0 saturated carbocycles. The molecule has 0 aromatic carbocycles. The Morgan fingerprint density at radius 3 is 2.77 bits per heavy atom.